The first-order valence-corrected chi connectivity index (χ1v) is 7.27. The van der Waals surface area contributed by atoms with E-state index in [1.807, 2.05) is 0 Å². The molecule has 0 saturated heterocycles. The molecule has 2 aromatic carbocycles. The van der Waals surface area contributed by atoms with Gasteiger partial charge in [-0.1, -0.05) is 37.3 Å². The Morgan fingerprint density at radius 3 is 2.45 bits per heavy atom. The molecule has 0 saturated carbocycles. The molecular formula is C18H22O2. The van der Waals surface area contributed by atoms with Crippen molar-refractivity contribution in [3.63, 3.8) is 0 Å². The van der Waals surface area contributed by atoms with E-state index >= 15 is 0 Å². The summed E-state index contributed by atoms with van der Waals surface area (Å²) in [6.07, 6.45) is 2.10. The van der Waals surface area contributed by atoms with Crippen molar-refractivity contribution in [2.75, 3.05) is 27.4 Å². The second-order valence-corrected chi connectivity index (χ2v) is 5.78. The number of aryl methyl sites for hydroxylation is 1. The van der Waals surface area contributed by atoms with Gasteiger partial charge in [-0.25, -0.2) is 0 Å². The van der Waals surface area contributed by atoms with E-state index in [1.165, 1.54) is 27.5 Å². The summed E-state index contributed by atoms with van der Waals surface area (Å²) in [6.45, 7) is 3.64. The smallest absolute Gasteiger partial charge is 0.0584 e. The molecule has 2 nitrogen and oxygen atoms in total. The zero-order valence-electron chi connectivity index (χ0n) is 12.5. The number of benzene rings is 2. The molecule has 0 N–H and O–H groups in total. The Balaban J connectivity index is 2.25. The van der Waals surface area contributed by atoms with Crippen molar-refractivity contribution in [1.29, 1.82) is 0 Å². The van der Waals surface area contributed by atoms with Gasteiger partial charge in [0, 0.05) is 19.6 Å². The van der Waals surface area contributed by atoms with Gasteiger partial charge in [-0.2, -0.15) is 0 Å². The third-order valence-corrected chi connectivity index (χ3v) is 4.56. The summed E-state index contributed by atoms with van der Waals surface area (Å²) in [4.78, 5) is 0. The maximum atomic E-state index is 5.54. The first-order valence-electron chi connectivity index (χ1n) is 7.27. The molecule has 0 unspecified atom stereocenters. The van der Waals surface area contributed by atoms with Crippen LogP contribution in [0.25, 0.3) is 10.8 Å². The van der Waals surface area contributed by atoms with Crippen LogP contribution in [-0.4, -0.2) is 27.4 Å². The number of rotatable bonds is 5. The number of hydrogen-bond acceptors (Lipinski definition) is 2. The third kappa shape index (κ3) is 1.87. The average molecular weight is 270 g/mol. The predicted octanol–water partition coefficient (Wildman–Crippen LogP) is 3.49. The summed E-state index contributed by atoms with van der Waals surface area (Å²) in [5.41, 5.74) is 4.31. The van der Waals surface area contributed by atoms with Gasteiger partial charge < -0.3 is 9.47 Å². The van der Waals surface area contributed by atoms with Gasteiger partial charge in [0.25, 0.3) is 0 Å². The van der Waals surface area contributed by atoms with E-state index in [2.05, 4.69) is 37.3 Å². The van der Waals surface area contributed by atoms with Crippen LogP contribution < -0.4 is 0 Å². The number of methoxy groups -OCH3 is 2. The van der Waals surface area contributed by atoms with Crippen LogP contribution in [0.4, 0.5) is 0 Å². The van der Waals surface area contributed by atoms with Crippen molar-refractivity contribution in [2.24, 2.45) is 0 Å². The highest BCUT2D eigenvalue weighted by Gasteiger charge is 2.40. The Hall–Kier alpha value is -1.38. The molecule has 0 amide bonds. The molecule has 2 heteroatoms. The average Bonchev–Trinajstić information content (AvgIpc) is 2.77. The van der Waals surface area contributed by atoms with Crippen LogP contribution in [0.2, 0.25) is 0 Å². The van der Waals surface area contributed by atoms with E-state index < -0.39 is 0 Å². The molecule has 1 aliphatic rings. The molecule has 3 rings (SSSR count). The molecule has 0 bridgehead atoms. The monoisotopic (exact) mass is 270 g/mol. The second kappa shape index (κ2) is 5.19. The van der Waals surface area contributed by atoms with Crippen molar-refractivity contribution in [1.82, 2.24) is 0 Å². The maximum Gasteiger partial charge on any atom is 0.0584 e. The van der Waals surface area contributed by atoms with Gasteiger partial charge >= 0.3 is 0 Å². The van der Waals surface area contributed by atoms with Crippen molar-refractivity contribution in [2.45, 2.75) is 25.2 Å². The lowest BCUT2D eigenvalue weighted by molar-refractivity contribution is 0.0623. The molecule has 0 aromatic heterocycles. The van der Waals surface area contributed by atoms with E-state index in [9.17, 15) is 0 Å². The van der Waals surface area contributed by atoms with Crippen LogP contribution in [0.5, 0.6) is 0 Å². The highest BCUT2D eigenvalue weighted by Crippen LogP contribution is 2.44. The van der Waals surface area contributed by atoms with Crippen LogP contribution in [0.1, 0.15) is 23.6 Å². The van der Waals surface area contributed by atoms with Gasteiger partial charge in [-0.05, 0) is 40.3 Å². The van der Waals surface area contributed by atoms with Gasteiger partial charge in [0.2, 0.25) is 0 Å². The van der Waals surface area contributed by atoms with Crippen LogP contribution in [0, 0.1) is 0 Å². The summed E-state index contributed by atoms with van der Waals surface area (Å²) < 4.78 is 11.1. The Kier molecular flexibility index (Phi) is 3.53. The van der Waals surface area contributed by atoms with Crippen molar-refractivity contribution in [3.8, 4) is 0 Å². The molecule has 0 atom stereocenters. The summed E-state index contributed by atoms with van der Waals surface area (Å²) in [6, 6.07) is 11.1. The molecule has 2 aromatic rings. The lowest BCUT2D eigenvalue weighted by Crippen LogP contribution is -2.36. The summed E-state index contributed by atoms with van der Waals surface area (Å²) >= 11 is 0. The molecule has 0 radical (unpaired) electrons. The molecule has 0 fully saturated rings. The summed E-state index contributed by atoms with van der Waals surface area (Å²) in [5, 5.41) is 2.77. The first-order chi connectivity index (χ1) is 9.75. The van der Waals surface area contributed by atoms with E-state index in [-0.39, 0.29) is 5.41 Å². The fourth-order valence-corrected chi connectivity index (χ4v) is 3.76. The lowest BCUT2D eigenvalue weighted by Gasteiger charge is -2.29. The minimum atomic E-state index is -0.0311. The highest BCUT2D eigenvalue weighted by atomic mass is 16.5. The molecule has 0 spiro atoms. The van der Waals surface area contributed by atoms with Crippen molar-refractivity contribution < 1.29 is 9.47 Å². The van der Waals surface area contributed by atoms with Gasteiger partial charge in [0.05, 0.1) is 13.2 Å². The lowest BCUT2D eigenvalue weighted by atomic mass is 9.82. The highest BCUT2D eigenvalue weighted by molar-refractivity contribution is 5.93. The molecule has 106 valence electrons. The van der Waals surface area contributed by atoms with E-state index in [4.69, 9.17) is 9.47 Å². The van der Waals surface area contributed by atoms with Crippen molar-refractivity contribution >= 4 is 10.8 Å². The molecule has 0 heterocycles. The maximum absolute atomic E-state index is 5.54. The zero-order chi connectivity index (χ0) is 14.2. The summed E-state index contributed by atoms with van der Waals surface area (Å²) in [7, 11) is 3.56. The van der Waals surface area contributed by atoms with Crippen LogP contribution in [0.3, 0.4) is 0 Å². The van der Waals surface area contributed by atoms with Crippen LogP contribution in [-0.2, 0) is 27.7 Å². The minimum absolute atomic E-state index is 0.0311. The fourth-order valence-electron chi connectivity index (χ4n) is 3.76. The minimum Gasteiger partial charge on any atom is -0.384 e. The molecule has 1 aliphatic carbocycles. The van der Waals surface area contributed by atoms with Gasteiger partial charge in [-0.15, -0.1) is 0 Å². The predicted molar refractivity (Wildman–Crippen MR) is 82.5 cm³/mol. The Bertz CT molecular complexity index is 625. The van der Waals surface area contributed by atoms with Gasteiger partial charge in [-0.3, -0.25) is 0 Å². The second-order valence-electron chi connectivity index (χ2n) is 5.78. The SMILES string of the molecule is CCc1ccc2cccc3c2c1CC3(COC)COC. The van der Waals surface area contributed by atoms with E-state index in [0.29, 0.717) is 13.2 Å². The summed E-state index contributed by atoms with van der Waals surface area (Å²) in [5.74, 6) is 0. The molecule has 20 heavy (non-hydrogen) atoms. The largest absolute Gasteiger partial charge is 0.384 e. The van der Waals surface area contributed by atoms with Crippen molar-refractivity contribution in [3.05, 3.63) is 47.0 Å². The van der Waals surface area contributed by atoms with Crippen LogP contribution in [0.15, 0.2) is 30.3 Å². The molecular weight excluding hydrogens is 248 g/mol. The Morgan fingerprint density at radius 2 is 1.80 bits per heavy atom. The quantitative estimate of drug-likeness (QED) is 0.828. The Morgan fingerprint density at radius 1 is 1.05 bits per heavy atom. The molecule has 0 aliphatic heterocycles. The van der Waals surface area contributed by atoms with Gasteiger partial charge in [0.15, 0.2) is 0 Å². The first kappa shape index (κ1) is 13.6. The third-order valence-electron chi connectivity index (χ3n) is 4.56. The van der Waals surface area contributed by atoms with Crippen LogP contribution >= 0.6 is 0 Å². The topological polar surface area (TPSA) is 18.5 Å². The zero-order valence-corrected chi connectivity index (χ0v) is 12.5. The van der Waals surface area contributed by atoms with Gasteiger partial charge in [0.1, 0.15) is 0 Å². The normalized spacial score (nSPS) is 15.9. The number of hydrogen-bond donors (Lipinski definition) is 0. The van der Waals surface area contributed by atoms with E-state index in [0.717, 1.165) is 12.8 Å². The van der Waals surface area contributed by atoms with E-state index in [1.54, 1.807) is 14.2 Å². The standard InChI is InChI=1S/C18H22O2/c1-4-13-8-9-14-6-5-7-16-17(14)15(13)10-18(16,11-19-2)12-20-3/h5-9H,4,10-12H2,1-3H3. The number of ether oxygens (including phenoxy) is 2. The fraction of sp³-hybridized carbons (Fsp3) is 0.444. The Labute approximate surface area is 120 Å².